The van der Waals surface area contributed by atoms with Gasteiger partial charge >= 0.3 is 18.0 Å². The van der Waals surface area contributed by atoms with E-state index in [4.69, 9.17) is 11.6 Å². The first kappa shape index (κ1) is 25.0. The van der Waals surface area contributed by atoms with E-state index >= 15 is 0 Å². The zero-order valence-corrected chi connectivity index (χ0v) is 19.1. The molecule has 0 spiro atoms. The molecule has 2 aromatic carbocycles. The minimum Gasteiger partial charge on any atom is -0.275 e. The van der Waals surface area contributed by atoms with E-state index in [1.54, 1.807) is 0 Å². The molecule has 0 bridgehead atoms. The summed E-state index contributed by atoms with van der Waals surface area (Å²) in [5.41, 5.74) is -1.31. The van der Waals surface area contributed by atoms with Crippen LogP contribution in [0, 0.1) is 0 Å². The van der Waals surface area contributed by atoms with Gasteiger partial charge in [0.15, 0.2) is 5.82 Å². The number of hydrogen-bond donors (Lipinski definition) is 0. The Bertz CT molecular complexity index is 1390. The lowest BCUT2D eigenvalue weighted by atomic mass is 10.1. The molecule has 0 aliphatic rings. The van der Waals surface area contributed by atoms with Gasteiger partial charge in [0.2, 0.25) is 0 Å². The van der Waals surface area contributed by atoms with Gasteiger partial charge in [-0.15, -0.1) is 16.4 Å². The summed E-state index contributed by atoms with van der Waals surface area (Å²) < 4.78 is 80.5. The summed E-state index contributed by atoms with van der Waals surface area (Å²) in [5.74, 6) is 0.00936. The van der Waals surface area contributed by atoms with Crippen LogP contribution in [-0.2, 0) is 19.3 Å². The maximum Gasteiger partial charge on any atom is 0.417 e. The predicted octanol–water partition coefficient (Wildman–Crippen LogP) is 6.51. The quantitative estimate of drug-likeness (QED) is 0.266. The van der Waals surface area contributed by atoms with Gasteiger partial charge in [0, 0.05) is 28.9 Å². The zero-order chi connectivity index (χ0) is 25.4. The fourth-order valence-corrected chi connectivity index (χ4v) is 4.44. The van der Waals surface area contributed by atoms with Gasteiger partial charge < -0.3 is 0 Å². The Hall–Kier alpha value is -3.12. The summed E-state index contributed by atoms with van der Waals surface area (Å²) >= 11 is 6.81. The molecule has 0 aliphatic carbocycles. The van der Waals surface area contributed by atoms with Crippen LogP contribution in [-0.4, -0.2) is 25.5 Å². The van der Waals surface area contributed by atoms with Crippen molar-refractivity contribution in [1.82, 2.24) is 19.3 Å². The van der Waals surface area contributed by atoms with Crippen molar-refractivity contribution in [1.29, 1.82) is 0 Å². The van der Waals surface area contributed by atoms with E-state index < -0.39 is 36.6 Å². The summed E-state index contributed by atoms with van der Waals surface area (Å²) in [6, 6.07) is 11.1. The number of nitrogens with zero attached hydrogens (tertiary/aromatic N) is 4. The molecule has 0 atom stereocenters. The van der Waals surface area contributed by atoms with E-state index in [0.29, 0.717) is 10.6 Å². The standard InChI is InChI=1S/C22H15ClF6N4OS/c23-14-7-5-13(6-8-14)19-31-33(20(34)32(19)10-9-21(24,25)26)12-18-30-11-17(35-18)15-3-1-2-4-16(15)22(27,28)29/h1-8,11H,9-10,12H2. The van der Waals surface area contributed by atoms with Gasteiger partial charge in [-0.3, -0.25) is 4.57 Å². The SMILES string of the molecule is O=c1n(Cc2ncc(-c3ccccc3C(F)(F)F)s2)nc(-c2ccc(Cl)cc2)n1CCC(F)(F)F. The highest BCUT2D eigenvalue weighted by Crippen LogP contribution is 2.38. The minimum atomic E-state index is -4.57. The second-order valence-corrected chi connectivity index (χ2v) is 9.00. The van der Waals surface area contributed by atoms with E-state index in [9.17, 15) is 31.1 Å². The molecule has 35 heavy (non-hydrogen) atoms. The fourth-order valence-electron chi connectivity index (χ4n) is 3.38. The first-order valence-corrected chi connectivity index (χ1v) is 11.2. The second kappa shape index (κ2) is 9.50. The number of hydrogen-bond acceptors (Lipinski definition) is 4. The van der Waals surface area contributed by atoms with Crippen LogP contribution in [0.2, 0.25) is 5.02 Å². The second-order valence-electron chi connectivity index (χ2n) is 7.45. The van der Waals surface area contributed by atoms with E-state index in [2.05, 4.69) is 10.1 Å². The zero-order valence-electron chi connectivity index (χ0n) is 17.6. The van der Waals surface area contributed by atoms with Gasteiger partial charge in [0.1, 0.15) is 5.01 Å². The third-order valence-electron chi connectivity index (χ3n) is 4.98. The number of halogens is 7. The molecule has 0 radical (unpaired) electrons. The molecule has 0 N–H and O–H groups in total. The first-order valence-electron chi connectivity index (χ1n) is 10.0. The predicted molar refractivity (Wildman–Crippen MR) is 119 cm³/mol. The first-order chi connectivity index (χ1) is 16.4. The van der Waals surface area contributed by atoms with Gasteiger partial charge in [0.05, 0.1) is 23.4 Å². The molecule has 2 aromatic heterocycles. The Morgan fingerprint density at radius 1 is 0.971 bits per heavy atom. The van der Waals surface area contributed by atoms with Crippen molar-refractivity contribution < 1.29 is 26.3 Å². The van der Waals surface area contributed by atoms with Gasteiger partial charge in [-0.25, -0.2) is 14.5 Å². The molecule has 5 nitrogen and oxygen atoms in total. The lowest BCUT2D eigenvalue weighted by Gasteiger charge is -2.10. The molecule has 0 fully saturated rings. The van der Waals surface area contributed by atoms with Crippen molar-refractivity contribution >= 4 is 22.9 Å². The molecule has 0 unspecified atom stereocenters. The lowest BCUT2D eigenvalue weighted by Crippen LogP contribution is -2.27. The Kier molecular flexibility index (Phi) is 6.78. The molecule has 0 aliphatic heterocycles. The van der Waals surface area contributed by atoms with Crippen LogP contribution in [0.1, 0.15) is 17.0 Å². The van der Waals surface area contributed by atoms with Crippen LogP contribution in [0.5, 0.6) is 0 Å². The largest absolute Gasteiger partial charge is 0.417 e. The average molecular weight is 533 g/mol. The number of thiazole rings is 1. The maximum atomic E-state index is 13.4. The fraction of sp³-hybridized carbons (Fsp3) is 0.227. The van der Waals surface area contributed by atoms with Crippen molar-refractivity contribution in [2.75, 3.05) is 0 Å². The normalized spacial score (nSPS) is 12.3. The Morgan fingerprint density at radius 3 is 2.31 bits per heavy atom. The van der Waals surface area contributed by atoms with Crippen LogP contribution >= 0.6 is 22.9 Å². The minimum absolute atomic E-state index is 0.00936. The summed E-state index contributed by atoms with van der Waals surface area (Å²) in [4.78, 5) is 17.2. The lowest BCUT2D eigenvalue weighted by molar-refractivity contribution is -0.137. The summed E-state index contributed by atoms with van der Waals surface area (Å²) in [6.07, 6.45) is -9.04. The van der Waals surface area contributed by atoms with Gasteiger partial charge in [0.25, 0.3) is 0 Å². The van der Waals surface area contributed by atoms with Crippen molar-refractivity contribution in [3.8, 4) is 21.8 Å². The highest BCUT2D eigenvalue weighted by Gasteiger charge is 2.34. The van der Waals surface area contributed by atoms with Crippen LogP contribution in [0.3, 0.4) is 0 Å². The average Bonchev–Trinajstić information content (AvgIpc) is 3.37. The third-order valence-corrected chi connectivity index (χ3v) is 6.25. The molecule has 4 rings (SSSR count). The Balaban J connectivity index is 1.69. The number of alkyl halides is 6. The van der Waals surface area contributed by atoms with Gasteiger partial charge in [-0.1, -0.05) is 29.8 Å². The molecular formula is C22H15ClF6N4OS. The molecule has 0 saturated carbocycles. The third kappa shape index (κ3) is 5.76. The highest BCUT2D eigenvalue weighted by molar-refractivity contribution is 7.15. The van der Waals surface area contributed by atoms with Crippen molar-refractivity contribution in [3.05, 3.63) is 80.8 Å². The van der Waals surface area contributed by atoms with E-state index in [1.807, 2.05) is 0 Å². The molecule has 184 valence electrons. The van der Waals surface area contributed by atoms with Crippen LogP contribution in [0.4, 0.5) is 26.3 Å². The van der Waals surface area contributed by atoms with Crippen molar-refractivity contribution in [2.45, 2.75) is 31.9 Å². The number of aromatic nitrogens is 4. The van der Waals surface area contributed by atoms with Crippen molar-refractivity contribution in [3.63, 3.8) is 0 Å². The number of benzene rings is 2. The molecule has 0 amide bonds. The Morgan fingerprint density at radius 2 is 1.66 bits per heavy atom. The van der Waals surface area contributed by atoms with Crippen LogP contribution < -0.4 is 5.69 Å². The molecule has 13 heteroatoms. The molecule has 4 aromatic rings. The maximum absolute atomic E-state index is 13.4. The molecular weight excluding hydrogens is 518 g/mol. The summed E-state index contributed by atoms with van der Waals surface area (Å²) in [7, 11) is 0. The Labute approximate surface area is 203 Å². The smallest absolute Gasteiger partial charge is 0.275 e. The van der Waals surface area contributed by atoms with Gasteiger partial charge in [-0.2, -0.15) is 26.3 Å². The monoisotopic (exact) mass is 532 g/mol. The summed E-state index contributed by atoms with van der Waals surface area (Å²) in [5, 5.41) is 4.85. The van der Waals surface area contributed by atoms with E-state index in [-0.39, 0.29) is 27.8 Å². The van der Waals surface area contributed by atoms with Crippen molar-refractivity contribution in [2.24, 2.45) is 0 Å². The topological polar surface area (TPSA) is 52.7 Å². The van der Waals surface area contributed by atoms with Gasteiger partial charge in [-0.05, 0) is 30.3 Å². The van der Waals surface area contributed by atoms with E-state index in [0.717, 1.165) is 26.7 Å². The molecule has 2 heterocycles. The number of rotatable bonds is 6. The summed E-state index contributed by atoms with van der Waals surface area (Å²) in [6.45, 7) is -0.875. The van der Waals surface area contributed by atoms with Crippen LogP contribution in [0.25, 0.3) is 21.8 Å². The molecule has 0 saturated heterocycles. The highest BCUT2D eigenvalue weighted by atomic mass is 35.5. The van der Waals surface area contributed by atoms with Crippen LogP contribution in [0.15, 0.2) is 59.5 Å². The van der Waals surface area contributed by atoms with E-state index in [1.165, 1.54) is 48.7 Å².